The molecular formula is C16H15N3O5. The molecule has 2 rings (SSSR count). The highest BCUT2D eigenvalue weighted by atomic mass is 16.6. The van der Waals surface area contributed by atoms with Gasteiger partial charge in [-0.2, -0.15) is 5.26 Å². The quantitative estimate of drug-likeness (QED) is 0.640. The van der Waals surface area contributed by atoms with Crippen LogP contribution in [-0.4, -0.2) is 26.3 Å². The van der Waals surface area contributed by atoms with Gasteiger partial charge in [0.25, 0.3) is 5.69 Å². The van der Waals surface area contributed by atoms with Crippen molar-refractivity contribution in [3.05, 3.63) is 46.0 Å². The van der Waals surface area contributed by atoms with Crippen molar-refractivity contribution in [1.29, 1.82) is 5.26 Å². The van der Waals surface area contributed by atoms with Crippen LogP contribution in [0.2, 0.25) is 0 Å². The van der Waals surface area contributed by atoms with E-state index in [4.69, 9.17) is 19.5 Å². The average molecular weight is 329 g/mol. The molecule has 0 aliphatic rings. The summed E-state index contributed by atoms with van der Waals surface area (Å²) in [5.41, 5.74) is 0.755. The molecule has 1 N–H and O–H groups in total. The SMILES string of the molecule is COc1cc(Nc2ccc(C#N)cc2[N+](=O)[O-])cc(OC)c1OC. The summed E-state index contributed by atoms with van der Waals surface area (Å²) in [4.78, 5) is 10.7. The van der Waals surface area contributed by atoms with Crippen LogP contribution >= 0.6 is 0 Å². The van der Waals surface area contributed by atoms with Crippen molar-refractivity contribution in [3.63, 3.8) is 0 Å². The van der Waals surface area contributed by atoms with Crippen molar-refractivity contribution in [3.8, 4) is 23.3 Å². The molecule has 24 heavy (non-hydrogen) atoms. The third-order valence-corrected chi connectivity index (χ3v) is 3.27. The van der Waals surface area contributed by atoms with Gasteiger partial charge in [0.15, 0.2) is 11.5 Å². The van der Waals surface area contributed by atoms with Crippen molar-refractivity contribution in [2.45, 2.75) is 0 Å². The lowest BCUT2D eigenvalue weighted by atomic mass is 10.1. The van der Waals surface area contributed by atoms with E-state index in [1.54, 1.807) is 12.1 Å². The highest BCUT2D eigenvalue weighted by molar-refractivity contribution is 5.74. The Hall–Kier alpha value is -3.47. The fraction of sp³-hybridized carbons (Fsp3) is 0.188. The maximum absolute atomic E-state index is 11.2. The van der Waals surface area contributed by atoms with E-state index in [-0.39, 0.29) is 16.9 Å². The van der Waals surface area contributed by atoms with Gasteiger partial charge in [-0.1, -0.05) is 0 Å². The molecule has 0 saturated heterocycles. The van der Waals surface area contributed by atoms with Crippen molar-refractivity contribution in [1.82, 2.24) is 0 Å². The number of benzene rings is 2. The number of nitro groups is 1. The predicted molar refractivity (Wildman–Crippen MR) is 87.2 cm³/mol. The molecule has 0 aromatic heterocycles. The fourth-order valence-corrected chi connectivity index (χ4v) is 2.17. The van der Waals surface area contributed by atoms with Gasteiger partial charge in [-0.3, -0.25) is 10.1 Å². The highest BCUT2D eigenvalue weighted by Gasteiger charge is 2.18. The summed E-state index contributed by atoms with van der Waals surface area (Å²) >= 11 is 0. The monoisotopic (exact) mass is 329 g/mol. The molecule has 2 aromatic rings. The van der Waals surface area contributed by atoms with Gasteiger partial charge in [-0.25, -0.2) is 0 Å². The van der Waals surface area contributed by atoms with Gasteiger partial charge in [-0.05, 0) is 12.1 Å². The number of ether oxygens (including phenoxy) is 3. The maximum Gasteiger partial charge on any atom is 0.293 e. The molecule has 8 nitrogen and oxygen atoms in total. The Kier molecular flexibility index (Phi) is 5.06. The zero-order valence-corrected chi connectivity index (χ0v) is 13.3. The third-order valence-electron chi connectivity index (χ3n) is 3.27. The van der Waals surface area contributed by atoms with Crippen LogP contribution in [-0.2, 0) is 0 Å². The van der Waals surface area contributed by atoms with Crippen LogP contribution in [0, 0.1) is 21.4 Å². The first-order valence-corrected chi connectivity index (χ1v) is 6.79. The van der Waals surface area contributed by atoms with Crippen LogP contribution in [0.4, 0.5) is 17.1 Å². The number of hydrogen-bond donors (Lipinski definition) is 1. The van der Waals surface area contributed by atoms with Crippen molar-refractivity contribution >= 4 is 17.1 Å². The lowest BCUT2D eigenvalue weighted by Crippen LogP contribution is -2.00. The minimum atomic E-state index is -0.554. The van der Waals surface area contributed by atoms with Crippen LogP contribution in [0.5, 0.6) is 17.2 Å². The second-order valence-corrected chi connectivity index (χ2v) is 4.64. The number of nitriles is 1. The minimum Gasteiger partial charge on any atom is -0.493 e. The Bertz CT molecular complexity index is 789. The minimum absolute atomic E-state index is 0.206. The van der Waals surface area contributed by atoms with Gasteiger partial charge < -0.3 is 19.5 Å². The van der Waals surface area contributed by atoms with Crippen molar-refractivity contribution in [2.75, 3.05) is 26.6 Å². The van der Waals surface area contributed by atoms with Gasteiger partial charge in [0.05, 0.1) is 37.9 Å². The zero-order valence-electron chi connectivity index (χ0n) is 13.3. The lowest BCUT2D eigenvalue weighted by molar-refractivity contribution is -0.383. The normalized spacial score (nSPS) is 9.75. The molecule has 0 aliphatic carbocycles. The molecule has 2 aromatic carbocycles. The van der Waals surface area contributed by atoms with E-state index in [9.17, 15) is 10.1 Å². The first-order valence-electron chi connectivity index (χ1n) is 6.79. The van der Waals surface area contributed by atoms with E-state index in [0.717, 1.165) is 0 Å². The second-order valence-electron chi connectivity index (χ2n) is 4.64. The molecule has 0 bridgehead atoms. The van der Waals surface area contributed by atoms with Crippen LogP contribution < -0.4 is 19.5 Å². The van der Waals surface area contributed by atoms with Crippen LogP contribution in [0.15, 0.2) is 30.3 Å². The topological polar surface area (TPSA) is 107 Å². The van der Waals surface area contributed by atoms with Crippen LogP contribution in [0.25, 0.3) is 0 Å². The third kappa shape index (κ3) is 3.30. The molecule has 0 atom stereocenters. The van der Waals surface area contributed by atoms with Crippen LogP contribution in [0.1, 0.15) is 5.56 Å². The Labute approximate surface area is 138 Å². The van der Waals surface area contributed by atoms with E-state index < -0.39 is 4.92 Å². The molecule has 0 fully saturated rings. The Morgan fingerprint density at radius 2 is 1.71 bits per heavy atom. The number of rotatable bonds is 6. The summed E-state index contributed by atoms with van der Waals surface area (Å²) in [7, 11) is 4.44. The number of nitrogens with one attached hydrogen (secondary N) is 1. The molecule has 0 amide bonds. The molecule has 0 spiro atoms. The van der Waals surface area contributed by atoms with E-state index in [1.165, 1.54) is 39.5 Å². The largest absolute Gasteiger partial charge is 0.493 e. The Balaban J connectivity index is 2.49. The Morgan fingerprint density at radius 3 is 2.17 bits per heavy atom. The standard InChI is InChI=1S/C16H15N3O5/c1-22-14-7-11(8-15(23-2)16(14)24-3)18-12-5-4-10(9-17)6-13(12)19(20)21/h4-8,18H,1-3H3. The molecule has 0 saturated carbocycles. The molecule has 8 heteroatoms. The summed E-state index contributed by atoms with van der Waals surface area (Å²) in [6.07, 6.45) is 0. The van der Waals surface area contributed by atoms with Gasteiger partial charge in [0, 0.05) is 23.9 Å². The van der Waals surface area contributed by atoms with E-state index in [0.29, 0.717) is 22.9 Å². The predicted octanol–water partition coefficient (Wildman–Crippen LogP) is 3.24. The van der Waals surface area contributed by atoms with Crippen LogP contribution in [0.3, 0.4) is 0 Å². The molecule has 0 radical (unpaired) electrons. The average Bonchev–Trinajstić information content (AvgIpc) is 2.60. The summed E-state index contributed by atoms with van der Waals surface area (Å²) < 4.78 is 15.7. The van der Waals surface area contributed by atoms with Crippen molar-refractivity contribution in [2.24, 2.45) is 0 Å². The highest BCUT2D eigenvalue weighted by Crippen LogP contribution is 2.41. The van der Waals surface area contributed by atoms with Gasteiger partial charge in [0.1, 0.15) is 5.69 Å². The summed E-state index contributed by atoms with van der Waals surface area (Å²) in [5.74, 6) is 1.24. The first-order chi connectivity index (χ1) is 11.5. The summed E-state index contributed by atoms with van der Waals surface area (Å²) in [6, 6.07) is 9.31. The summed E-state index contributed by atoms with van der Waals surface area (Å²) in [6.45, 7) is 0. The molecule has 0 aliphatic heterocycles. The smallest absolute Gasteiger partial charge is 0.293 e. The maximum atomic E-state index is 11.2. The molecule has 0 unspecified atom stereocenters. The van der Waals surface area contributed by atoms with E-state index >= 15 is 0 Å². The molecular weight excluding hydrogens is 314 g/mol. The number of hydrogen-bond acceptors (Lipinski definition) is 7. The van der Waals surface area contributed by atoms with E-state index in [1.807, 2.05) is 6.07 Å². The lowest BCUT2D eigenvalue weighted by Gasteiger charge is -2.15. The fourth-order valence-electron chi connectivity index (χ4n) is 2.17. The molecule has 124 valence electrons. The van der Waals surface area contributed by atoms with Crippen molar-refractivity contribution < 1.29 is 19.1 Å². The van der Waals surface area contributed by atoms with Gasteiger partial charge in [0.2, 0.25) is 5.75 Å². The number of nitrogens with zero attached hydrogens (tertiary/aromatic N) is 2. The number of methoxy groups -OCH3 is 3. The summed E-state index contributed by atoms with van der Waals surface area (Å²) in [5, 5.41) is 23.0. The van der Waals surface area contributed by atoms with Gasteiger partial charge >= 0.3 is 0 Å². The molecule has 0 heterocycles. The zero-order chi connectivity index (χ0) is 17.7. The second kappa shape index (κ2) is 7.19. The Morgan fingerprint density at radius 1 is 1.08 bits per heavy atom. The van der Waals surface area contributed by atoms with E-state index in [2.05, 4.69) is 5.32 Å². The first kappa shape index (κ1) is 16.9. The number of anilines is 2. The van der Waals surface area contributed by atoms with Gasteiger partial charge in [-0.15, -0.1) is 0 Å². The number of nitro benzene ring substituents is 1.